The van der Waals surface area contributed by atoms with E-state index in [1.54, 1.807) is 27.7 Å². The van der Waals surface area contributed by atoms with Gasteiger partial charge in [-0.15, -0.1) is 10.3 Å². The molecule has 1 aliphatic heterocycles. The molecule has 1 heterocycles. The van der Waals surface area contributed by atoms with E-state index in [0.717, 1.165) is 0 Å². The van der Waals surface area contributed by atoms with Crippen molar-refractivity contribution in [2.24, 2.45) is 5.41 Å². The molecular formula is C13H22NO5. The van der Waals surface area contributed by atoms with Gasteiger partial charge in [-0.3, -0.25) is 4.79 Å². The highest BCUT2D eigenvalue weighted by atomic mass is 16.6. The minimum atomic E-state index is -1.28. The highest BCUT2D eigenvalue weighted by molar-refractivity contribution is 5.80. The largest absolute Gasteiger partial charge is 0.463 e. The Bertz CT molecular complexity index is 385. The Balaban J connectivity index is 2.77. The molecule has 0 bridgehead atoms. The van der Waals surface area contributed by atoms with E-state index >= 15 is 0 Å². The minimum Gasteiger partial charge on any atom is -0.463 e. The van der Waals surface area contributed by atoms with Gasteiger partial charge in [0.2, 0.25) is 0 Å². The quantitative estimate of drug-likeness (QED) is 0.709. The monoisotopic (exact) mass is 272 g/mol. The van der Waals surface area contributed by atoms with Gasteiger partial charge in [0.1, 0.15) is 24.3 Å². The third-order valence-corrected chi connectivity index (χ3v) is 3.14. The number of ether oxygens (including phenoxy) is 2. The Labute approximate surface area is 113 Å². The summed E-state index contributed by atoms with van der Waals surface area (Å²) in [7, 11) is 0. The predicted molar refractivity (Wildman–Crippen MR) is 66.4 cm³/mol. The van der Waals surface area contributed by atoms with Gasteiger partial charge in [-0.1, -0.05) is 0 Å². The van der Waals surface area contributed by atoms with Crippen molar-refractivity contribution in [3.05, 3.63) is 0 Å². The van der Waals surface area contributed by atoms with Crippen molar-refractivity contribution in [3.63, 3.8) is 0 Å². The van der Waals surface area contributed by atoms with Gasteiger partial charge in [0, 0.05) is 0 Å². The summed E-state index contributed by atoms with van der Waals surface area (Å²) in [6.45, 7) is 9.60. The van der Waals surface area contributed by atoms with Gasteiger partial charge in [-0.25, -0.2) is 4.79 Å². The maximum Gasteiger partial charge on any atom is 0.328 e. The van der Waals surface area contributed by atoms with E-state index in [9.17, 15) is 14.8 Å². The molecule has 0 aromatic heterocycles. The molecule has 0 aliphatic carbocycles. The van der Waals surface area contributed by atoms with Crippen LogP contribution < -0.4 is 0 Å². The van der Waals surface area contributed by atoms with E-state index < -0.39 is 28.4 Å². The second-order valence-corrected chi connectivity index (χ2v) is 6.75. The van der Waals surface area contributed by atoms with Gasteiger partial charge in [-0.2, -0.15) is 0 Å². The van der Waals surface area contributed by atoms with Crippen molar-refractivity contribution in [1.29, 1.82) is 0 Å². The topological polar surface area (TPSA) is 75.7 Å². The number of carbonyl (C=O) groups excluding carboxylic acids is 2. The van der Waals surface area contributed by atoms with Crippen molar-refractivity contribution < 1.29 is 24.3 Å². The van der Waals surface area contributed by atoms with Crippen molar-refractivity contribution >= 4 is 11.9 Å². The van der Waals surface area contributed by atoms with Gasteiger partial charge in [0.15, 0.2) is 0 Å². The molecule has 0 spiro atoms. The smallest absolute Gasteiger partial charge is 0.328 e. The zero-order valence-corrected chi connectivity index (χ0v) is 12.4. The first-order valence-electron chi connectivity index (χ1n) is 6.23. The maximum absolute atomic E-state index is 12.3. The third kappa shape index (κ3) is 3.06. The van der Waals surface area contributed by atoms with Crippen molar-refractivity contribution in [3.8, 4) is 0 Å². The van der Waals surface area contributed by atoms with E-state index in [-0.39, 0.29) is 13.2 Å². The average molecular weight is 272 g/mol. The molecule has 19 heavy (non-hydrogen) atoms. The SMILES string of the molecule is CC(C)(C)C(=O)OCC1(C)COC(=O)C(C)(C)N1[O]. The molecular weight excluding hydrogens is 250 g/mol. The van der Waals surface area contributed by atoms with Gasteiger partial charge >= 0.3 is 11.9 Å². The highest BCUT2D eigenvalue weighted by Gasteiger charge is 2.53. The van der Waals surface area contributed by atoms with Gasteiger partial charge < -0.3 is 9.47 Å². The predicted octanol–water partition coefficient (Wildman–Crippen LogP) is 1.32. The molecule has 1 fully saturated rings. The van der Waals surface area contributed by atoms with Crippen molar-refractivity contribution in [1.82, 2.24) is 5.06 Å². The number of carbonyl (C=O) groups is 2. The molecule has 1 rings (SSSR count). The van der Waals surface area contributed by atoms with Crippen LogP contribution in [0.15, 0.2) is 0 Å². The molecule has 0 N–H and O–H groups in total. The fraction of sp³-hybridized carbons (Fsp3) is 0.846. The zero-order valence-electron chi connectivity index (χ0n) is 12.4. The standard InChI is InChI=1S/C13H22NO5/c1-11(2,3)9(15)18-7-13(6)8-19-10(16)12(4,5)14(13)17/h7-8H2,1-6H3. The van der Waals surface area contributed by atoms with Crippen LogP contribution in [0.3, 0.4) is 0 Å². The average Bonchev–Trinajstić information content (AvgIpc) is 2.28. The number of cyclic esters (lactones) is 1. The molecule has 6 nitrogen and oxygen atoms in total. The fourth-order valence-corrected chi connectivity index (χ4v) is 1.75. The second kappa shape index (κ2) is 4.76. The summed E-state index contributed by atoms with van der Waals surface area (Å²) in [5, 5.41) is 12.9. The fourth-order valence-electron chi connectivity index (χ4n) is 1.75. The van der Waals surface area contributed by atoms with Crippen LogP contribution in [0.1, 0.15) is 41.5 Å². The second-order valence-electron chi connectivity index (χ2n) is 6.75. The number of rotatable bonds is 2. The van der Waals surface area contributed by atoms with E-state index in [2.05, 4.69) is 0 Å². The summed E-state index contributed by atoms with van der Waals surface area (Å²) in [6.07, 6.45) is 0. The lowest BCUT2D eigenvalue weighted by Gasteiger charge is -2.45. The number of hydrogen-bond donors (Lipinski definition) is 0. The summed E-state index contributed by atoms with van der Waals surface area (Å²) < 4.78 is 10.2. The van der Waals surface area contributed by atoms with Crippen LogP contribution in [-0.2, 0) is 24.3 Å². The molecule has 0 amide bonds. The summed E-state index contributed by atoms with van der Waals surface area (Å²) in [4.78, 5) is 23.3. The van der Waals surface area contributed by atoms with Gasteiger partial charge in [0.25, 0.3) is 0 Å². The molecule has 0 aromatic carbocycles. The highest BCUT2D eigenvalue weighted by Crippen LogP contribution is 2.31. The molecule has 1 radical (unpaired) electrons. The number of morpholine rings is 1. The van der Waals surface area contributed by atoms with E-state index in [1.807, 2.05) is 0 Å². The Hall–Kier alpha value is -1.14. The first-order valence-corrected chi connectivity index (χ1v) is 6.23. The van der Waals surface area contributed by atoms with Crippen LogP contribution in [0.25, 0.3) is 0 Å². The van der Waals surface area contributed by atoms with Gasteiger partial charge in [-0.05, 0) is 41.5 Å². The number of esters is 2. The molecule has 1 unspecified atom stereocenters. The van der Waals surface area contributed by atoms with Gasteiger partial charge in [0.05, 0.1) is 5.41 Å². The number of hydroxylamine groups is 2. The zero-order chi connectivity index (χ0) is 15.1. The Morgan fingerprint density at radius 3 is 2.37 bits per heavy atom. The minimum absolute atomic E-state index is 0.0871. The van der Waals surface area contributed by atoms with Crippen LogP contribution in [0.5, 0.6) is 0 Å². The summed E-state index contributed by atoms with van der Waals surface area (Å²) in [5.74, 6) is -0.959. The number of nitrogens with zero attached hydrogens (tertiary/aromatic N) is 1. The third-order valence-electron chi connectivity index (χ3n) is 3.14. The normalized spacial score (nSPS) is 27.8. The molecule has 0 aromatic rings. The lowest BCUT2D eigenvalue weighted by Crippen LogP contribution is -2.66. The Kier molecular flexibility index (Phi) is 3.98. The molecule has 1 saturated heterocycles. The summed E-state index contributed by atoms with van der Waals surface area (Å²) in [5.41, 5.74) is -2.97. The van der Waals surface area contributed by atoms with Crippen molar-refractivity contribution in [2.45, 2.75) is 52.6 Å². The Morgan fingerprint density at radius 1 is 1.37 bits per heavy atom. The first kappa shape index (κ1) is 15.9. The molecule has 1 aliphatic rings. The van der Waals surface area contributed by atoms with Crippen LogP contribution in [-0.4, -0.2) is 41.3 Å². The molecule has 6 heteroatoms. The number of hydrogen-bond acceptors (Lipinski definition) is 5. The van der Waals surface area contributed by atoms with E-state index in [4.69, 9.17) is 9.47 Å². The molecule has 1 atom stereocenters. The Morgan fingerprint density at radius 2 is 1.89 bits per heavy atom. The maximum atomic E-state index is 12.3. The van der Waals surface area contributed by atoms with E-state index in [0.29, 0.717) is 5.06 Å². The lowest BCUT2D eigenvalue weighted by molar-refractivity contribution is -0.309. The summed E-state index contributed by atoms with van der Waals surface area (Å²) in [6, 6.07) is 0. The van der Waals surface area contributed by atoms with Crippen LogP contribution >= 0.6 is 0 Å². The summed E-state index contributed by atoms with van der Waals surface area (Å²) >= 11 is 0. The first-order chi connectivity index (χ1) is 8.41. The van der Waals surface area contributed by atoms with Crippen LogP contribution in [0, 0.1) is 5.41 Å². The van der Waals surface area contributed by atoms with Crippen LogP contribution in [0.4, 0.5) is 0 Å². The van der Waals surface area contributed by atoms with E-state index in [1.165, 1.54) is 13.8 Å². The lowest BCUT2D eigenvalue weighted by atomic mass is 9.93. The molecule has 109 valence electrons. The van der Waals surface area contributed by atoms with Crippen LogP contribution in [0.2, 0.25) is 0 Å². The molecule has 0 saturated carbocycles. The van der Waals surface area contributed by atoms with Crippen molar-refractivity contribution in [2.75, 3.05) is 13.2 Å².